The van der Waals surface area contributed by atoms with Crippen LogP contribution >= 0.6 is 0 Å². The molecule has 0 bridgehead atoms. The Morgan fingerprint density at radius 3 is 2.61 bits per heavy atom. The molecule has 7 heteroatoms. The maximum atomic E-state index is 9.95. The van der Waals surface area contributed by atoms with Crippen LogP contribution in [0.1, 0.15) is 19.8 Å². The molecule has 0 saturated carbocycles. The number of piperidine rings is 1. The number of unbranched alkanes of at least 4 members (excludes halogenated alkanes) is 1. The Bertz CT molecular complexity index is 325. The van der Waals surface area contributed by atoms with Crippen molar-refractivity contribution < 1.29 is 20.4 Å². The van der Waals surface area contributed by atoms with Crippen LogP contribution in [0.3, 0.4) is 0 Å². The second kappa shape index (κ2) is 5.40. The van der Waals surface area contributed by atoms with Crippen molar-refractivity contribution in [3.05, 3.63) is 0 Å². The van der Waals surface area contributed by atoms with Crippen molar-refractivity contribution >= 4 is 5.96 Å². The molecule has 104 valence electrons. The highest BCUT2D eigenvalue weighted by Gasteiger charge is 2.50. The van der Waals surface area contributed by atoms with Crippen molar-refractivity contribution in [2.75, 3.05) is 13.1 Å². The standard InChI is InChI=1S/C11H21N3O4/c1-2-3-4-12-11-13-5-6-7(15)8(16)9(17)10(18)14(6)11/h6-10,15-18H,2-5H2,1H3,(H,12,13). The van der Waals surface area contributed by atoms with Crippen LogP contribution in [0.5, 0.6) is 0 Å². The fraction of sp³-hybridized carbons (Fsp3) is 0.909. The van der Waals surface area contributed by atoms with Gasteiger partial charge >= 0.3 is 0 Å². The Balaban J connectivity index is 2.05. The lowest BCUT2D eigenvalue weighted by Crippen LogP contribution is -2.67. The predicted octanol–water partition coefficient (Wildman–Crippen LogP) is -2.17. The summed E-state index contributed by atoms with van der Waals surface area (Å²) >= 11 is 0. The van der Waals surface area contributed by atoms with Crippen molar-refractivity contribution in [2.45, 2.75) is 50.3 Å². The Morgan fingerprint density at radius 1 is 1.22 bits per heavy atom. The molecule has 0 aromatic rings. The molecular formula is C11H21N3O4. The highest BCUT2D eigenvalue weighted by molar-refractivity contribution is 5.82. The first-order chi connectivity index (χ1) is 8.57. The zero-order valence-electron chi connectivity index (χ0n) is 10.4. The molecule has 0 aromatic carbocycles. The van der Waals surface area contributed by atoms with E-state index >= 15 is 0 Å². The molecule has 5 N–H and O–H groups in total. The normalized spacial score (nSPS) is 39.5. The summed E-state index contributed by atoms with van der Waals surface area (Å²) in [6.45, 7) is 3.09. The average molecular weight is 259 g/mol. The van der Waals surface area contributed by atoms with Crippen molar-refractivity contribution in [2.24, 2.45) is 4.99 Å². The van der Waals surface area contributed by atoms with Gasteiger partial charge in [-0.15, -0.1) is 0 Å². The van der Waals surface area contributed by atoms with Crippen LogP contribution in [-0.4, -0.2) is 75.0 Å². The van der Waals surface area contributed by atoms with Gasteiger partial charge in [0.1, 0.15) is 18.3 Å². The van der Waals surface area contributed by atoms with E-state index in [0.717, 1.165) is 19.4 Å². The number of nitrogens with zero attached hydrogens (tertiary/aromatic N) is 2. The molecular weight excluding hydrogens is 238 g/mol. The molecule has 2 heterocycles. The SMILES string of the molecule is CCCCNC1=NCC2C(O)C(O)C(O)C(O)N12. The van der Waals surface area contributed by atoms with Gasteiger partial charge in [0.15, 0.2) is 12.2 Å². The Hall–Kier alpha value is -0.890. The summed E-state index contributed by atoms with van der Waals surface area (Å²) in [5.74, 6) is 0.478. The molecule has 7 nitrogen and oxygen atoms in total. The van der Waals surface area contributed by atoms with Crippen LogP contribution in [0.2, 0.25) is 0 Å². The van der Waals surface area contributed by atoms with Crippen LogP contribution in [0.15, 0.2) is 4.99 Å². The average Bonchev–Trinajstić information content (AvgIpc) is 2.78. The number of rotatable bonds is 3. The fourth-order valence-corrected chi connectivity index (χ4v) is 2.40. The zero-order chi connectivity index (χ0) is 13.3. The fourth-order valence-electron chi connectivity index (χ4n) is 2.40. The minimum atomic E-state index is -1.40. The summed E-state index contributed by atoms with van der Waals surface area (Å²) < 4.78 is 0. The monoisotopic (exact) mass is 259 g/mol. The van der Waals surface area contributed by atoms with Crippen LogP contribution in [-0.2, 0) is 0 Å². The number of aliphatic hydroxyl groups excluding tert-OH is 4. The van der Waals surface area contributed by atoms with Gasteiger partial charge in [0, 0.05) is 6.54 Å². The van der Waals surface area contributed by atoms with Crippen LogP contribution in [0, 0.1) is 0 Å². The first kappa shape index (κ1) is 13.5. The summed E-state index contributed by atoms with van der Waals surface area (Å²) in [6, 6.07) is -0.484. The third kappa shape index (κ3) is 2.18. The minimum absolute atomic E-state index is 0.302. The molecule has 2 aliphatic rings. The van der Waals surface area contributed by atoms with E-state index in [9.17, 15) is 20.4 Å². The summed E-state index contributed by atoms with van der Waals surface area (Å²) in [5, 5.41) is 42.2. The Kier molecular flexibility index (Phi) is 4.06. The molecule has 0 amide bonds. The van der Waals surface area contributed by atoms with Crippen LogP contribution in [0.4, 0.5) is 0 Å². The molecule has 2 aliphatic heterocycles. The highest BCUT2D eigenvalue weighted by Crippen LogP contribution is 2.26. The van der Waals surface area contributed by atoms with Gasteiger partial charge in [0.2, 0.25) is 0 Å². The van der Waals surface area contributed by atoms with E-state index in [1.807, 2.05) is 0 Å². The molecule has 2 rings (SSSR count). The van der Waals surface area contributed by atoms with Gasteiger partial charge in [-0.2, -0.15) is 0 Å². The smallest absolute Gasteiger partial charge is 0.196 e. The first-order valence-electron chi connectivity index (χ1n) is 6.36. The van der Waals surface area contributed by atoms with E-state index in [1.54, 1.807) is 0 Å². The Morgan fingerprint density at radius 2 is 1.94 bits per heavy atom. The van der Waals surface area contributed by atoms with Gasteiger partial charge in [0.25, 0.3) is 0 Å². The third-order valence-corrected chi connectivity index (χ3v) is 3.53. The van der Waals surface area contributed by atoms with Gasteiger partial charge in [-0.3, -0.25) is 4.99 Å². The quantitative estimate of drug-likeness (QED) is 0.369. The molecule has 0 spiro atoms. The lowest BCUT2D eigenvalue weighted by atomic mass is 9.93. The van der Waals surface area contributed by atoms with Crippen molar-refractivity contribution in [3.8, 4) is 0 Å². The van der Waals surface area contributed by atoms with E-state index in [1.165, 1.54) is 4.90 Å². The number of hydrogen-bond acceptors (Lipinski definition) is 7. The summed E-state index contributed by atoms with van der Waals surface area (Å²) in [4.78, 5) is 5.67. The zero-order valence-corrected chi connectivity index (χ0v) is 10.4. The van der Waals surface area contributed by atoms with Crippen LogP contribution < -0.4 is 5.32 Å². The second-order valence-corrected chi connectivity index (χ2v) is 4.80. The summed E-state index contributed by atoms with van der Waals surface area (Å²) in [7, 11) is 0. The van der Waals surface area contributed by atoms with Crippen molar-refractivity contribution in [1.29, 1.82) is 0 Å². The highest BCUT2D eigenvalue weighted by atomic mass is 16.4. The van der Waals surface area contributed by atoms with Crippen LogP contribution in [0.25, 0.3) is 0 Å². The van der Waals surface area contributed by atoms with Gasteiger partial charge in [-0.05, 0) is 6.42 Å². The summed E-state index contributed by atoms with van der Waals surface area (Å²) in [6.07, 6.45) is -3.09. The topological polar surface area (TPSA) is 109 Å². The second-order valence-electron chi connectivity index (χ2n) is 4.80. The molecule has 1 fully saturated rings. The largest absolute Gasteiger partial charge is 0.388 e. The molecule has 18 heavy (non-hydrogen) atoms. The number of guanidine groups is 1. The van der Waals surface area contributed by atoms with Gasteiger partial charge in [-0.1, -0.05) is 13.3 Å². The maximum absolute atomic E-state index is 9.95. The Labute approximate surface area is 106 Å². The van der Waals surface area contributed by atoms with E-state index in [2.05, 4.69) is 17.2 Å². The number of fused-ring (bicyclic) bond motifs is 1. The summed E-state index contributed by atoms with van der Waals surface area (Å²) in [5.41, 5.74) is 0. The van der Waals surface area contributed by atoms with Gasteiger partial charge < -0.3 is 30.6 Å². The van der Waals surface area contributed by atoms with Gasteiger partial charge in [0.05, 0.1) is 12.6 Å². The first-order valence-corrected chi connectivity index (χ1v) is 6.36. The van der Waals surface area contributed by atoms with E-state index < -0.39 is 30.6 Å². The number of nitrogens with one attached hydrogen (secondary N) is 1. The maximum Gasteiger partial charge on any atom is 0.196 e. The number of aliphatic imine (C=N–C) groups is 1. The van der Waals surface area contributed by atoms with Crippen molar-refractivity contribution in [3.63, 3.8) is 0 Å². The number of aliphatic hydroxyl groups is 4. The van der Waals surface area contributed by atoms with Crippen molar-refractivity contribution in [1.82, 2.24) is 10.2 Å². The lowest BCUT2D eigenvalue weighted by molar-refractivity contribution is -0.192. The van der Waals surface area contributed by atoms with Gasteiger partial charge in [-0.25, -0.2) is 0 Å². The third-order valence-electron chi connectivity index (χ3n) is 3.53. The van der Waals surface area contributed by atoms with E-state index in [-0.39, 0.29) is 0 Å². The molecule has 1 saturated heterocycles. The molecule has 0 aliphatic carbocycles. The lowest BCUT2D eigenvalue weighted by Gasteiger charge is -2.44. The predicted molar refractivity (Wildman–Crippen MR) is 64.9 cm³/mol. The molecule has 0 aromatic heterocycles. The molecule has 5 unspecified atom stereocenters. The minimum Gasteiger partial charge on any atom is -0.388 e. The molecule has 0 radical (unpaired) electrons. The van der Waals surface area contributed by atoms with E-state index in [4.69, 9.17) is 0 Å². The number of hydrogen-bond donors (Lipinski definition) is 5. The van der Waals surface area contributed by atoms with E-state index in [0.29, 0.717) is 12.5 Å². The molecule has 5 atom stereocenters.